The lowest BCUT2D eigenvalue weighted by Crippen LogP contribution is -2.55. The number of carbonyl (C=O) groups excluding carboxylic acids is 3. The molecule has 0 saturated heterocycles. The molecule has 0 bridgehead atoms. The number of nitrogens with one attached hydrogen (secondary N) is 3. The molecule has 1 fully saturated rings. The molecule has 5 atom stereocenters. The maximum Gasteiger partial charge on any atom is 0.306 e. The predicted octanol–water partition coefficient (Wildman–Crippen LogP) is 3.42. The van der Waals surface area contributed by atoms with Crippen LogP contribution in [-0.4, -0.2) is 69.2 Å². The summed E-state index contributed by atoms with van der Waals surface area (Å²) < 4.78 is 28.0. The number of hydrogen-bond acceptors (Lipinski definition) is 6. The average Bonchev–Trinajstić information content (AvgIpc) is 3.02. The van der Waals surface area contributed by atoms with Crippen molar-refractivity contribution in [2.75, 3.05) is 0 Å². The molecule has 13 heteroatoms. The fraction of sp³-hybridized carbons (Fsp3) is 0.400. The number of aliphatic carboxylic acids is 2. The van der Waals surface area contributed by atoms with Crippen molar-refractivity contribution in [3.05, 3.63) is 83.4 Å². The van der Waals surface area contributed by atoms with E-state index in [1.807, 2.05) is 24.3 Å². The Morgan fingerprint density at radius 3 is 2.00 bits per heavy atom. The van der Waals surface area contributed by atoms with Gasteiger partial charge in [0.05, 0.1) is 30.4 Å². The van der Waals surface area contributed by atoms with Crippen LogP contribution < -0.4 is 16.0 Å². The van der Waals surface area contributed by atoms with Gasteiger partial charge in [-0.1, -0.05) is 44.2 Å². The summed E-state index contributed by atoms with van der Waals surface area (Å²) in [6.45, 7) is 3.32. The number of carboxylic acids is 2. The Balaban J connectivity index is 1.47. The number of aliphatic hydroxyl groups is 1. The van der Waals surface area contributed by atoms with E-state index in [0.717, 1.165) is 22.9 Å². The van der Waals surface area contributed by atoms with Crippen molar-refractivity contribution in [1.29, 1.82) is 0 Å². The van der Waals surface area contributed by atoms with Crippen LogP contribution in [0.1, 0.15) is 55.5 Å². The van der Waals surface area contributed by atoms with Gasteiger partial charge in [0.15, 0.2) is 0 Å². The number of carbonyl (C=O) groups is 5. The van der Waals surface area contributed by atoms with Gasteiger partial charge in [0.25, 0.3) is 5.91 Å². The van der Waals surface area contributed by atoms with Gasteiger partial charge in [0, 0.05) is 17.7 Å². The van der Waals surface area contributed by atoms with Crippen molar-refractivity contribution in [2.24, 2.45) is 17.8 Å². The standard InChI is InChI=1S/C35H39F2N3O8/c1-18(2)31(33(44)38-27-14-23(34(45)46)13-24(15-27)35(47)48)40-30(42)17-29(41)28(11-19-9-25(36)16-26(37)10-19)39-32(43)22-8-7-20-5-3-4-6-21(20)12-22/h3-10,12,16,18,23-24,27-29,31,41H,11,13-15,17H2,1-2H3,(H,38,44)(H,39,43)(H,40,42)(H,45,46)(H,47,48)/t23?,24?,27?,28-,29+,31-/m0/s1. The number of aliphatic hydroxyl groups excluding tert-OH is 1. The lowest BCUT2D eigenvalue weighted by atomic mass is 9.78. The number of rotatable bonds is 13. The third kappa shape index (κ3) is 9.57. The summed E-state index contributed by atoms with van der Waals surface area (Å²) in [7, 11) is 0. The minimum Gasteiger partial charge on any atom is -0.481 e. The molecule has 4 rings (SSSR count). The molecule has 48 heavy (non-hydrogen) atoms. The molecule has 1 aliphatic rings. The number of hydrogen-bond donors (Lipinski definition) is 6. The van der Waals surface area contributed by atoms with Gasteiger partial charge in [-0.3, -0.25) is 24.0 Å². The van der Waals surface area contributed by atoms with Gasteiger partial charge >= 0.3 is 11.9 Å². The normalized spacial score (nSPS) is 19.6. The zero-order chi connectivity index (χ0) is 35.1. The lowest BCUT2D eigenvalue weighted by molar-refractivity contribution is -0.149. The van der Waals surface area contributed by atoms with Crippen molar-refractivity contribution >= 4 is 40.4 Å². The quantitative estimate of drug-likeness (QED) is 0.160. The summed E-state index contributed by atoms with van der Waals surface area (Å²) in [6.07, 6.45) is -2.37. The highest BCUT2D eigenvalue weighted by atomic mass is 19.1. The average molecular weight is 668 g/mol. The Morgan fingerprint density at radius 1 is 0.812 bits per heavy atom. The van der Waals surface area contributed by atoms with E-state index >= 15 is 0 Å². The van der Waals surface area contributed by atoms with Gasteiger partial charge in [-0.15, -0.1) is 0 Å². The second-order valence-corrected chi connectivity index (χ2v) is 12.7. The van der Waals surface area contributed by atoms with Crippen molar-refractivity contribution < 1.29 is 48.1 Å². The van der Waals surface area contributed by atoms with Gasteiger partial charge in [-0.25, -0.2) is 8.78 Å². The van der Waals surface area contributed by atoms with Crippen LogP contribution in [0.5, 0.6) is 0 Å². The van der Waals surface area contributed by atoms with Gasteiger partial charge in [0.1, 0.15) is 17.7 Å². The SMILES string of the molecule is CC(C)[C@H](NC(=O)C[C@@H](O)[C@H](Cc1cc(F)cc(F)c1)NC(=O)c1ccc2ccccc2c1)C(=O)NC1CC(C(=O)O)CC(C(=O)O)C1. The van der Waals surface area contributed by atoms with E-state index in [4.69, 9.17) is 0 Å². The van der Waals surface area contributed by atoms with E-state index in [9.17, 15) is 48.1 Å². The summed E-state index contributed by atoms with van der Waals surface area (Å²) >= 11 is 0. The van der Waals surface area contributed by atoms with Crippen molar-refractivity contribution in [2.45, 2.75) is 70.2 Å². The van der Waals surface area contributed by atoms with Gasteiger partial charge in [-0.05, 0) is 72.2 Å². The first-order chi connectivity index (χ1) is 22.7. The fourth-order valence-electron chi connectivity index (χ4n) is 6.08. The maximum atomic E-state index is 14.0. The summed E-state index contributed by atoms with van der Waals surface area (Å²) in [5, 5.41) is 39.7. The van der Waals surface area contributed by atoms with Crippen molar-refractivity contribution in [1.82, 2.24) is 16.0 Å². The third-order valence-electron chi connectivity index (χ3n) is 8.58. The number of fused-ring (bicyclic) bond motifs is 1. The summed E-state index contributed by atoms with van der Waals surface area (Å²) in [5.74, 6) is -8.41. The molecule has 3 aromatic carbocycles. The monoisotopic (exact) mass is 667 g/mol. The molecular formula is C35H39F2N3O8. The Hall–Kier alpha value is -4.91. The van der Waals surface area contributed by atoms with E-state index in [1.165, 1.54) is 0 Å². The van der Waals surface area contributed by atoms with Crippen LogP contribution in [0.25, 0.3) is 10.8 Å². The first-order valence-electron chi connectivity index (χ1n) is 15.7. The second-order valence-electron chi connectivity index (χ2n) is 12.7. The van der Waals surface area contributed by atoms with Crippen LogP contribution in [0.3, 0.4) is 0 Å². The van der Waals surface area contributed by atoms with E-state index in [1.54, 1.807) is 32.0 Å². The summed E-state index contributed by atoms with van der Waals surface area (Å²) in [5.41, 5.74) is 0.386. The van der Waals surface area contributed by atoms with Crippen LogP contribution in [0.15, 0.2) is 60.7 Å². The Kier molecular flexibility index (Phi) is 11.8. The molecule has 0 heterocycles. The smallest absolute Gasteiger partial charge is 0.306 e. The molecule has 1 saturated carbocycles. The Labute approximate surface area is 275 Å². The minimum atomic E-state index is -1.55. The van der Waals surface area contributed by atoms with Crippen LogP contribution in [0, 0.1) is 29.4 Å². The molecule has 256 valence electrons. The van der Waals surface area contributed by atoms with Crippen molar-refractivity contribution in [3.63, 3.8) is 0 Å². The van der Waals surface area contributed by atoms with Gasteiger partial charge < -0.3 is 31.3 Å². The number of benzene rings is 3. The zero-order valence-corrected chi connectivity index (χ0v) is 26.5. The lowest BCUT2D eigenvalue weighted by Gasteiger charge is -2.33. The van der Waals surface area contributed by atoms with Gasteiger partial charge in [-0.2, -0.15) is 0 Å². The highest BCUT2D eigenvalue weighted by Gasteiger charge is 2.38. The van der Waals surface area contributed by atoms with Gasteiger partial charge in [0.2, 0.25) is 11.8 Å². The predicted molar refractivity (Wildman–Crippen MR) is 171 cm³/mol. The molecule has 3 amide bonds. The molecule has 0 aromatic heterocycles. The fourth-order valence-corrected chi connectivity index (χ4v) is 6.08. The van der Waals surface area contributed by atoms with E-state index in [2.05, 4.69) is 16.0 Å². The maximum absolute atomic E-state index is 14.0. The molecule has 2 unspecified atom stereocenters. The molecule has 6 N–H and O–H groups in total. The van der Waals surface area contributed by atoms with Crippen LogP contribution in [0.2, 0.25) is 0 Å². The third-order valence-corrected chi connectivity index (χ3v) is 8.58. The summed E-state index contributed by atoms with van der Waals surface area (Å²) in [6, 6.07) is 12.1. The first kappa shape index (κ1) is 35.9. The molecule has 0 spiro atoms. The molecule has 1 aliphatic carbocycles. The molecule has 0 aliphatic heterocycles. The number of halogens is 2. The summed E-state index contributed by atoms with van der Waals surface area (Å²) in [4.78, 5) is 62.9. The second kappa shape index (κ2) is 15.8. The van der Waals surface area contributed by atoms with E-state index < -0.39 is 89.7 Å². The Morgan fingerprint density at radius 2 is 1.42 bits per heavy atom. The largest absolute Gasteiger partial charge is 0.481 e. The Bertz CT molecular complexity index is 1640. The first-order valence-corrected chi connectivity index (χ1v) is 15.7. The molecule has 11 nitrogen and oxygen atoms in total. The van der Waals surface area contributed by atoms with E-state index in [-0.39, 0.29) is 36.8 Å². The highest BCUT2D eigenvalue weighted by molar-refractivity contribution is 5.98. The zero-order valence-electron chi connectivity index (χ0n) is 26.5. The minimum absolute atomic E-state index is 0.0294. The molecule has 0 radical (unpaired) electrons. The topological polar surface area (TPSA) is 182 Å². The number of amides is 3. The van der Waals surface area contributed by atoms with E-state index in [0.29, 0.717) is 6.07 Å². The van der Waals surface area contributed by atoms with Crippen LogP contribution in [0.4, 0.5) is 8.78 Å². The number of carboxylic acid groups (broad SMARTS) is 2. The van der Waals surface area contributed by atoms with Crippen LogP contribution in [-0.2, 0) is 25.6 Å². The van der Waals surface area contributed by atoms with Crippen molar-refractivity contribution in [3.8, 4) is 0 Å². The van der Waals surface area contributed by atoms with Crippen LogP contribution >= 0.6 is 0 Å². The molecule has 3 aromatic rings. The molecular weight excluding hydrogens is 628 g/mol. The highest BCUT2D eigenvalue weighted by Crippen LogP contribution is 2.30.